The Kier molecular flexibility index (Phi) is 6.24. The number of aromatic nitrogens is 1. The van der Waals surface area contributed by atoms with E-state index in [-0.39, 0.29) is 5.82 Å². The van der Waals surface area contributed by atoms with E-state index in [1.54, 1.807) is 43.5 Å². The van der Waals surface area contributed by atoms with Gasteiger partial charge in [-0.15, -0.1) is 11.3 Å². The SMILES string of the molecule is CCC1(c2ccccc2)NC(=O)N(CC(=O)Nc2ncc(Cc3ccc(C)c(F)c3)s2)C1=O. The molecule has 170 valence electrons. The highest BCUT2D eigenvalue weighted by Gasteiger charge is 2.51. The molecule has 0 radical (unpaired) electrons. The number of nitrogens with zero attached hydrogens (tertiary/aromatic N) is 2. The van der Waals surface area contributed by atoms with Crippen molar-refractivity contribution < 1.29 is 18.8 Å². The van der Waals surface area contributed by atoms with E-state index in [0.717, 1.165) is 15.3 Å². The molecule has 0 bridgehead atoms. The van der Waals surface area contributed by atoms with Crippen molar-refractivity contribution in [3.63, 3.8) is 0 Å². The van der Waals surface area contributed by atoms with E-state index in [4.69, 9.17) is 0 Å². The van der Waals surface area contributed by atoms with Gasteiger partial charge in [0.15, 0.2) is 5.13 Å². The number of carbonyl (C=O) groups excluding carboxylic acids is 3. The molecular weight excluding hydrogens is 443 g/mol. The lowest BCUT2D eigenvalue weighted by molar-refractivity contribution is -0.134. The van der Waals surface area contributed by atoms with Gasteiger partial charge >= 0.3 is 6.03 Å². The Morgan fingerprint density at radius 2 is 1.97 bits per heavy atom. The molecule has 1 aliphatic heterocycles. The summed E-state index contributed by atoms with van der Waals surface area (Å²) in [5, 5.41) is 5.75. The van der Waals surface area contributed by atoms with E-state index < -0.39 is 29.9 Å². The highest BCUT2D eigenvalue weighted by Crippen LogP contribution is 2.32. The van der Waals surface area contributed by atoms with Gasteiger partial charge in [0.1, 0.15) is 17.9 Å². The van der Waals surface area contributed by atoms with Crippen LogP contribution >= 0.6 is 11.3 Å². The molecule has 1 saturated heterocycles. The van der Waals surface area contributed by atoms with E-state index >= 15 is 0 Å². The lowest BCUT2D eigenvalue weighted by Gasteiger charge is -2.25. The number of halogens is 1. The van der Waals surface area contributed by atoms with Crippen LogP contribution in [-0.2, 0) is 21.5 Å². The molecular formula is C24H23FN4O3S. The zero-order valence-corrected chi connectivity index (χ0v) is 19.0. The van der Waals surface area contributed by atoms with Gasteiger partial charge in [-0.3, -0.25) is 14.5 Å². The Morgan fingerprint density at radius 1 is 1.21 bits per heavy atom. The molecule has 2 N–H and O–H groups in total. The highest BCUT2D eigenvalue weighted by molar-refractivity contribution is 7.15. The van der Waals surface area contributed by atoms with E-state index in [0.29, 0.717) is 29.1 Å². The van der Waals surface area contributed by atoms with Gasteiger partial charge in [0.05, 0.1) is 0 Å². The standard InChI is InChI=1S/C24H23FN4O3S/c1-3-24(17-7-5-4-6-8-17)21(31)29(23(32)28-24)14-20(30)27-22-26-13-18(33-22)11-16-10-9-15(2)19(25)12-16/h4-10,12-13H,3,11,14H2,1-2H3,(H,28,32)(H,26,27,30). The van der Waals surface area contributed by atoms with Gasteiger partial charge in [0.2, 0.25) is 5.91 Å². The number of thiazole rings is 1. The molecule has 1 fully saturated rings. The van der Waals surface area contributed by atoms with Gasteiger partial charge < -0.3 is 10.6 Å². The van der Waals surface area contributed by atoms with Crippen molar-refractivity contribution in [2.45, 2.75) is 32.2 Å². The van der Waals surface area contributed by atoms with Crippen molar-refractivity contribution in [2.24, 2.45) is 0 Å². The number of urea groups is 1. The maximum absolute atomic E-state index is 13.8. The first kappa shape index (κ1) is 22.6. The molecule has 2 heterocycles. The number of hydrogen-bond donors (Lipinski definition) is 2. The second-order valence-corrected chi connectivity index (χ2v) is 9.00. The average molecular weight is 467 g/mol. The Labute approximate surface area is 194 Å². The van der Waals surface area contributed by atoms with E-state index in [1.165, 1.54) is 17.4 Å². The number of rotatable bonds is 7. The van der Waals surface area contributed by atoms with Crippen molar-refractivity contribution >= 4 is 34.3 Å². The zero-order valence-electron chi connectivity index (χ0n) is 18.2. The van der Waals surface area contributed by atoms with E-state index in [2.05, 4.69) is 15.6 Å². The summed E-state index contributed by atoms with van der Waals surface area (Å²) < 4.78 is 13.8. The topological polar surface area (TPSA) is 91.4 Å². The molecule has 1 unspecified atom stereocenters. The van der Waals surface area contributed by atoms with Crippen molar-refractivity contribution in [2.75, 3.05) is 11.9 Å². The third-order valence-corrected chi connectivity index (χ3v) is 6.60. The summed E-state index contributed by atoms with van der Waals surface area (Å²) in [5.41, 5.74) is 0.869. The molecule has 1 atom stereocenters. The van der Waals surface area contributed by atoms with E-state index in [1.807, 2.05) is 19.1 Å². The van der Waals surface area contributed by atoms with Crippen LogP contribution in [0.25, 0.3) is 0 Å². The predicted octanol–water partition coefficient (Wildman–Crippen LogP) is 3.98. The molecule has 7 nitrogen and oxygen atoms in total. The fraction of sp³-hybridized carbons (Fsp3) is 0.250. The number of hydrogen-bond acceptors (Lipinski definition) is 5. The third kappa shape index (κ3) is 4.49. The number of anilines is 1. The van der Waals surface area contributed by atoms with Crippen LogP contribution in [0.3, 0.4) is 0 Å². The van der Waals surface area contributed by atoms with Crippen LogP contribution in [0, 0.1) is 12.7 Å². The van der Waals surface area contributed by atoms with Gasteiger partial charge in [0.25, 0.3) is 5.91 Å². The number of nitrogens with one attached hydrogen (secondary N) is 2. The average Bonchev–Trinajstić information content (AvgIpc) is 3.34. The minimum Gasteiger partial charge on any atom is -0.319 e. The number of amides is 4. The molecule has 0 spiro atoms. The van der Waals surface area contributed by atoms with Crippen LogP contribution < -0.4 is 10.6 Å². The largest absolute Gasteiger partial charge is 0.325 e. The van der Waals surface area contributed by atoms with Crippen molar-refractivity contribution in [3.8, 4) is 0 Å². The Balaban J connectivity index is 1.41. The van der Waals surface area contributed by atoms with Crippen LogP contribution in [0.15, 0.2) is 54.7 Å². The predicted molar refractivity (Wildman–Crippen MR) is 123 cm³/mol. The van der Waals surface area contributed by atoms with Crippen LogP contribution in [0.5, 0.6) is 0 Å². The number of imide groups is 1. The quantitative estimate of drug-likeness (QED) is 0.516. The van der Waals surface area contributed by atoms with Crippen LogP contribution in [0.2, 0.25) is 0 Å². The van der Waals surface area contributed by atoms with Gasteiger partial charge in [-0.05, 0) is 36.1 Å². The third-order valence-electron chi connectivity index (χ3n) is 5.69. The van der Waals surface area contributed by atoms with Crippen LogP contribution in [0.4, 0.5) is 14.3 Å². The molecule has 2 aromatic carbocycles. The highest BCUT2D eigenvalue weighted by atomic mass is 32.1. The van der Waals surface area contributed by atoms with Crippen LogP contribution in [0.1, 0.15) is 34.9 Å². The second-order valence-electron chi connectivity index (χ2n) is 7.89. The van der Waals surface area contributed by atoms with Crippen molar-refractivity contribution in [3.05, 3.63) is 82.1 Å². The van der Waals surface area contributed by atoms with Crippen molar-refractivity contribution in [1.82, 2.24) is 15.2 Å². The normalized spacial score (nSPS) is 17.8. The monoisotopic (exact) mass is 466 g/mol. The molecule has 4 amide bonds. The maximum Gasteiger partial charge on any atom is 0.325 e. The Bertz CT molecular complexity index is 1210. The summed E-state index contributed by atoms with van der Waals surface area (Å²) in [6, 6.07) is 13.4. The molecule has 1 aromatic heterocycles. The van der Waals surface area contributed by atoms with E-state index in [9.17, 15) is 18.8 Å². The first-order valence-electron chi connectivity index (χ1n) is 10.5. The fourth-order valence-corrected chi connectivity index (χ4v) is 4.69. The molecule has 1 aliphatic rings. The Hall–Kier alpha value is -3.59. The molecule has 4 rings (SSSR count). The fourth-order valence-electron chi connectivity index (χ4n) is 3.83. The maximum atomic E-state index is 13.8. The Morgan fingerprint density at radius 3 is 2.67 bits per heavy atom. The lowest BCUT2D eigenvalue weighted by atomic mass is 9.87. The smallest absolute Gasteiger partial charge is 0.319 e. The van der Waals surface area contributed by atoms with Gasteiger partial charge in [-0.1, -0.05) is 49.4 Å². The lowest BCUT2D eigenvalue weighted by Crippen LogP contribution is -2.44. The van der Waals surface area contributed by atoms with Crippen LogP contribution in [-0.4, -0.2) is 34.3 Å². The number of aryl methyl sites for hydroxylation is 1. The second kappa shape index (κ2) is 9.11. The minimum atomic E-state index is -1.18. The molecule has 3 aromatic rings. The number of benzene rings is 2. The van der Waals surface area contributed by atoms with Gasteiger partial charge in [-0.2, -0.15) is 0 Å². The first-order valence-corrected chi connectivity index (χ1v) is 11.3. The van der Waals surface area contributed by atoms with Gasteiger partial charge in [0, 0.05) is 17.5 Å². The summed E-state index contributed by atoms with van der Waals surface area (Å²) in [7, 11) is 0. The molecule has 0 aliphatic carbocycles. The molecule has 9 heteroatoms. The zero-order chi connectivity index (χ0) is 23.6. The molecule has 0 saturated carbocycles. The van der Waals surface area contributed by atoms with Gasteiger partial charge in [-0.25, -0.2) is 14.2 Å². The number of carbonyl (C=O) groups is 3. The summed E-state index contributed by atoms with van der Waals surface area (Å²) in [4.78, 5) is 44.2. The first-order chi connectivity index (χ1) is 15.8. The summed E-state index contributed by atoms with van der Waals surface area (Å²) in [5.74, 6) is -1.25. The minimum absolute atomic E-state index is 0.266. The summed E-state index contributed by atoms with van der Waals surface area (Å²) in [6.07, 6.45) is 2.45. The summed E-state index contributed by atoms with van der Waals surface area (Å²) >= 11 is 1.26. The molecule has 33 heavy (non-hydrogen) atoms. The van der Waals surface area contributed by atoms with Crippen molar-refractivity contribution in [1.29, 1.82) is 0 Å². The summed E-state index contributed by atoms with van der Waals surface area (Å²) in [6.45, 7) is 3.10.